The number of hydrogen-bond acceptors (Lipinski definition) is 6. The molecular weight excluding hydrogens is 332 g/mol. The van der Waals surface area contributed by atoms with E-state index in [4.69, 9.17) is 0 Å². The number of aromatic nitrogens is 2. The Morgan fingerprint density at radius 3 is 2.70 bits per heavy atom. The third-order valence-electron chi connectivity index (χ3n) is 3.57. The van der Waals surface area contributed by atoms with E-state index >= 15 is 0 Å². The third kappa shape index (κ3) is 3.95. The van der Waals surface area contributed by atoms with Crippen molar-refractivity contribution >= 4 is 39.3 Å². The number of esters is 1. The van der Waals surface area contributed by atoms with Gasteiger partial charge in [-0.05, 0) is 25.3 Å². The molecular formula is C16H22N2O3S2. The van der Waals surface area contributed by atoms with Crippen LogP contribution in [0.5, 0.6) is 0 Å². The summed E-state index contributed by atoms with van der Waals surface area (Å²) < 4.78 is 6.40. The van der Waals surface area contributed by atoms with E-state index in [9.17, 15) is 9.59 Å². The fourth-order valence-electron chi connectivity index (χ4n) is 2.27. The molecule has 0 aliphatic heterocycles. The van der Waals surface area contributed by atoms with E-state index in [2.05, 4.69) is 23.6 Å². The highest BCUT2D eigenvalue weighted by Gasteiger charge is 2.17. The Bertz CT molecular complexity index is 778. The van der Waals surface area contributed by atoms with Gasteiger partial charge >= 0.3 is 5.97 Å². The van der Waals surface area contributed by atoms with Gasteiger partial charge in [0.15, 0.2) is 5.16 Å². The standard InChI is InChI=1S/C16H22N2O3S2/c1-9(2)8-18-15(20)13-10(3)11(4)23-14(13)17-16(18)22-7-6-12(19)21-5/h9H,6-8H2,1-5H3. The molecule has 2 rings (SSSR count). The van der Waals surface area contributed by atoms with Gasteiger partial charge in [-0.15, -0.1) is 11.3 Å². The summed E-state index contributed by atoms with van der Waals surface area (Å²) in [7, 11) is 1.38. The first kappa shape index (κ1) is 18.0. The van der Waals surface area contributed by atoms with Crippen LogP contribution >= 0.6 is 23.1 Å². The Morgan fingerprint density at radius 2 is 2.09 bits per heavy atom. The predicted octanol–water partition coefficient (Wildman–Crippen LogP) is 3.39. The molecule has 0 bridgehead atoms. The van der Waals surface area contributed by atoms with Crippen molar-refractivity contribution in [2.75, 3.05) is 12.9 Å². The second kappa shape index (κ2) is 7.49. The van der Waals surface area contributed by atoms with Gasteiger partial charge in [-0.3, -0.25) is 14.2 Å². The van der Waals surface area contributed by atoms with E-state index in [0.717, 1.165) is 20.7 Å². The van der Waals surface area contributed by atoms with Gasteiger partial charge < -0.3 is 4.74 Å². The van der Waals surface area contributed by atoms with Crippen molar-refractivity contribution in [3.63, 3.8) is 0 Å². The van der Waals surface area contributed by atoms with Crippen LogP contribution in [0.3, 0.4) is 0 Å². The molecule has 2 aromatic heterocycles. The lowest BCUT2D eigenvalue weighted by Crippen LogP contribution is -2.25. The minimum Gasteiger partial charge on any atom is -0.469 e. The van der Waals surface area contributed by atoms with Gasteiger partial charge in [0.25, 0.3) is 5.56 Å². The van der Waals surface area contributed by atoms with Crippen molar-refractivity contribution in [1.29, 1.82) is 0 Å². The number of carbonyl (C=O) groups is 1. The Labute approximate surface area is 144 Å². The van der Waals surface area contributed by atoms with E-state index in [1.54, 1.807) is 15.9 Å². The molecule has 0 aliphatic carbocycles. The van der Waals surface area contributed by atoms with E-state index in [1.165, 1.54) is 18.9 Å². The van der Waals surface area contributed by atoms with Crippen LogP contribution in [0.1, 0.15) is 30.7 Å². The average Bonchev–Trinajstić information content (AvgIpc) is 2.77. The molecule has 0 N–H and O–H groups in total. The SMILES string of the molecule is COC(=O)CCSc1nc2sc(C)c(C)c2c(=O)n1CC(C)C. The molecule has 23 heavy (non-hydrogen) atoms. The topological polar surface area (TPSA) is 61.2 Å². The molecule has 7 heteroatoms. The Kier molecular flexibility index (Phi) is 5.86. The second-order valence-electron chi connectivity index (χ2n) is 5.84. The zero-order valence-corrected chi connectivity index (χ0v) is 15.8. The highest BCUT2D eigenvalue weighted by molar-refractivity contribution is 7.99. The van der Waals surface area contributed by atoms with E-state index < -0.39 is 0 Å². The summed E-state index contributed by atoms with van der Waals surface area (Å²) in [5, 5.41) is 1.41. The van der Waals surface area contributed by atoms with Gasteiger partial charge in [0.1, 0.15) is 4.83 Å². The summed E-state index contributed by atoms with van der Waals surface area (Å²) >= 11 is 2.98. The number of fused-ring (bicyclic) bond motifs is 1. The maximum absolute atomic E-state index is 12.9. The zero-order valence-electron chi connectivity index (χ0n) is 14.1. The molecule has 126 valence electrons. The van der Waals surface area contributed by atoms with Crippen molar-refractivity contribution in [1.82, 2.24) is 9.55 Å². The number of ether oxygens (including phenoxy) is 1. The normalized spacial score (nSPS) is 11.4. The molecule has 0 radical (unpaired) electrons. The second-order valence-corrected chi connectivity index (χ2v) is 8.11. The number of aryl methyl sites for hydroxylation is 2. The minimum absolute atomic E-state index is 0.0196. The van der Waals surface area contributed by atoms with Crippen LogP contribution in [0, 0.1) is 19.8 Å². The smallest absolute Gasteiger partial charge is 0.306 e. The van der Waals surface area contributed by atoms with Gasteiger partial charge in [0, 0.05) is 17.2 Å². The molecule has 0 aromatic carbocycles. The van der Waals surface area contributed by atoms with E-state index in [-0.39, 0.29) is 11.5 Å². The molecule has 0 amide bonds. The summed E-state index contributed by atoms with van der Waals surface area (Å²) in [4.78, 5) is 30.8. The van der Waals surface area contributed by atoms with Crippen LogP contribution in [0.25, 0.3) is 10.2 Å². The molecule has 0 atom stereocenters. The fourth-order valence-corrected chi connectivity index (χ4v) is 4.27. The van der Waals surface area contributed by atoms with E-state index in [0.29, 0.717) is 29.8 Å². The zero-order chi connectivity index (χ0) is 17.1. The summed E-state index contributed by atoms with van der Waals surface area (Å²) in [5.74, 6) is 0.637. The van der Waals surface area contributed by atoms with Gasteiger partial charge in [-0.1, -0.05) is 25.6 Å². The number of nitrogens with zero attached hydrogens (tertiary/aromatic N) is 2. The quantitative estimate of drug-likeness (QED) is 0.452. The van der Waals surface area contributed by atoms with Crippen molar-refractivity contribution in [3.8, 4) is 0 Å². The lowest BCUT2D eigenvalue weighted by Gasteiger charge is -2.14. The van der Waals surface area contributed by atoms with Gasteiger partial charge in [0.05, 0.1) is 18.9 Å². The van der Waals surface area contributed by atoms with Gasteiger partial charge in [-0.25, -0.2) is 4.98 Å². The maximum atomic E-state index is 12.9. The highest BCUT2D eigenvalue weighted by atomic mass is 32.2. The number of carbonyl (C=O) groups excluding carboxylic acids is 1. The van der Waals surface area contributed by atoms with Gasteiger partial charge in [-0.2, -0.15) is 0 Å². The first-order valence-electron chi connectivity index (χ1n) is 7.55. The molecule has 0 spiro atoms. The number of thioether (sulfide) groups is 1. The molecule has 0 saturated carbocycles. The van der Waals surface area contributed by atoms with Crippen molar-refractivity contribution in [3.05, 3.63) is 20.8 Å². The third-order valence-corrected chi connectivity index (χ3v) is 5.65. The Morgan fingerprint density at radius 1 is 1.39 bits per heavy atom. The number of rotatable bonds is 6. The monoisotopic (exact) mass is 354 g/mol. The summed E-state index contributed by atoms with van der Waals surface area (Å²) in [6.45, 7) is 8.76. The Balaban J connectivity index is 2.44. The Hall–Kier alpha value is -1.34. The predicted molar refractivity (Wildman–Crippen MR) is 95.5 cm³/mol. The summed E-state index contributed by atoms with van der Waals surface area (Å²) in [5.41, 5.74) is 1.04. The average molecular weight is 354 g/mol. The van der Waals surface area contributed by atoms with Crippen molar-refractivity contribution in [2.24, 2.45) is 5.92 Å². The number of hydrogen-bond donors (Lipinski definition) is 0. The van der Waals surface area contributed by atoms with Crippen LogP contribution in [-0.2, 0) is 16.1 Å². The van der Waals surface area contributed by atoms with Crippen molar-refractivity contribution in [2.45, 2.75) is 45.8 Å². The van der Waals surface area contributed by atoms with Crippen molar-refractivity contribution < 1.29 is 9.53 Å². The molecule has 0 aliphatic rings. The van der Waals surface area contributed by atoms with Crippen LogP contribution in [0.15, 0.2) is 9.95 Å². The summed E-state index contributed by atoms with van der Waals surface area (Å²) in [6, 6.07) is 0. The summed E-state index contributed by atoms with van der Waals surface area (Å²) in [6.07, 6.45) is 0.305. The molecule has 5 nitrogen and oxygen atoms in total. The molecule has 2 aromatic rings. The molecule has 0 unspecified atom stereocenters. The fraction of sp³-hybridized carbons (Fsp3) is 0.562. The first-order chi connectivity index (χ1) is 10.8. The molecule has 2 heterocycles. The molecule has 0 saturated heterocycles. The maximum Gasteiger partial charge on any atom is 0.306 e. The van der Waals surface area contributed by atoms with Crippen LogP contribution in [-0.4, -0.2) is 28.4 Å². The van der Waals surface area contributed by atoms with Crippen LogP contribution in [0.4, 0.5) is 0 Å². The van der Waals surface area contributed by atoms with Gasteiger partial charge in [0.2, 0.25) is 0 Å². The van der Waals surface area contributed by atoms with E-state index in [1.807, 2.05) is 13.8 Å². The van der Waals surface area contributed by atoms with Crippen LogP contribution in [0.2, 0.25) is 0 Å². The number of thiophene rings is 1. The molecule has 0 fully saturated rings. The first-order valence-corrected chi connectivity index (χ1v) is 9.35. The minimum atomic E-state index is -0.251. The lowest BCUT2D eigenvalue weighted by molar-refractivity contribution is -0.140. The lowest BCUT2D eigenvalue weighted by atomic mass is 10.2. The largest absolute Gasteiger partial charge is 0.469 e. The number of methoxy groups -OCH3 is 1. The highest BCUT2D eigenvalue weighted by Crippen LogP contribution is 2.28. The van der Waals surface area contributed by atoms with Crippen LogP contribution < -0.4 is 5.56 Å².